The Morgan fingerprint density at radius 2 is 1.77 bits per heavy atom. The van der Waals surface area contributed by atoms with Gasteiger partial charge in [0.05, 0.1) is 5.60 Å². The molecular weight excluding hydrogens is 162 g/mol. The predicted molar refractivity (Wildman–Crippen MR) is 54.4 cm³/mol. The van der Waals surface area contributed by atoms with Crippen LogP contribution in [0, 0.1) is 0 Å². The number of rotatable bonds is 3. The van der Waals surface area contributed by atoms with Crippen molar-refractivity contribution in [1.29, 1.82) is 0 Å². The van der Waals surface area contributed by atoms with E-state index in [1.165, 1.54) is 5.56 Å². The third-order valence-electron chi connectivity index (χ3n) is 2.09. The van der Waals surface area contributed by atoms with Gasteiger partial charge in [-0.15, -0.1) is 0 Å². The molecule has 0 aliphatic rings. The molecule has 0 amide bonds. The van der Waals surface area contributed by atoms with Crippen LogP contribution in [0.3, 0.4) is 0 Å². The Morgan fingerprint density at radius 1 is 1.23 bits per heavy atom. The second-order valence-electron chi connectivity index (χ2n) is 3.79. The Balaban J connectivity index is 2.81. The minimum Gasteiger partial charge on any atom is -0.386 e. The van der Waals surface area contributed by atoms with E-state index in [-0.39, 0.29) is 0 Å². The first-order valence-corrected chi connectivity index (χ1v) is 4.56. The molecule has 3 N–H and O–H groups in total. The molecule has 0 aliphatic carbocycles. The molecule has 0 aromatic heterocycles. The maximum absolute atomic E-state index is 9.69. The van der Waals surface area contributed by atoms with Gasteiger partial charge in [-0.25, -0.2) is 0 Å². The van der Waals surface area contributed by atoms with Gasteiger partial charge >= 0.3 is 0 Å². The Bertz CT molecular complexity index is 258. The van der Waals surface area contributed by atoms with Gasteiger partial charge in [-0.2, -0.15) is 0 Å². The first-order valence-electron chi connectivity index (χ1n) is 4.56. The zero-order chi connectivity index (χ0) is 9.90. The highest BCUT2D eigenvalue weighted by Crippen LogP contribution is 2.19. The molecule has 0 aliphatic heterocycles. The zero-order valence-electron chi connectivity index (χ0n) is 8.25. The van der Waals surface area contributed by atoms with E-state index >= 15 is 0 Å². The second-order valence-corrected chi connectivity index (χ2v) is 3.79. The average Bonchev–Trinajstić information content (AvgIpc) is 2.04. The van der Waals surface area contributed by atoms with Crippen molar-refractivity contribution in [3.05, 3.63) is 35.4 Å². The molecular formula is C11H17NO. The van der Waals surface area contributed by atoms with Gasteiger partial charge in [-0.05, 0) is 37.9 Å². The highest BCUT2D eigenvalue weighted by molar-refractivity contribution is 5.26. The lowest BCUT2D eigenvalue weighted by Gasteiger charge is -2.17. The highest BCUT2D eigenvalue weighted by Gasteiger charge is 2.14. The van der Waals surface area contributed by atoms with Gasteiger partial charge in [0.15, 0.2) is 0 Å². The van der Waals surface area contributed by atoms with Crippen LogP contribution in [0.15, 0.2) is 24.3 Å². The number of hydrogen-bond donors (Lipinski definition) is 2. The van der Waals surface area contributed by atoms with Gasteiger partial charge in [0.2, 0.25) is 0 Å². The number of aliphatic hydroxyl groups is 1. The molecule has 0 spiro atoms. The smallest absolute Gasteiger partial charge is 0.0840 e. The largest absolute Gasteiger partial charge is 0.386 e. The lowest BCUT2D eigenvalue weighted by molar-refractivity contribution is 0.0786. The molecule has 1 aromatic rings. The summed E-state index contributed by atoms with van der Waals surface area (Å²) in [6.45, 7) is 4.23. The van der Waals surface area contributed by atoms with Crippen LogP contribution in [0.5, 0.6) is 0 Å². The molecule has 1 aromatic carbocycles. The van der Waals surface area contributed by atoms with E-state index in [2.05, 4.69) is 0 Å². The van der Waals surface area contributed by atoms with Crippen molar-refractivity contribution in [1.82, 2.24) is 0 Å². The standard InChI is InChI=1S/C11H17NO/c1-11(2,13)10-5-3-9(4-6-10)7-8-12/h3-6,13H,7-8,12H2,1-2H3. The van der Waals surface area contributed by atoms with E-state index in [4.69, 9.17) is 5.73 Å². The van der Waals surface area contributed by atoms with E-state index in [9.17, 15) is 5.11 Å². The lowest BCUT2D eigenvalue weighted by atomic mass is 9.97. The van der Waals surface area contributed by atoms with Crippen molar-refractivity contribution in [3.8, 4) is 0 Å². The first kappa shape index (κ1) is 10.2. The summed E-state index contributed by atoms with van der Waals surface area (Å²) in [5.41, 5.74) is 6.84. The van der Waals surface area contributed by atoms with Crippen molar-refractivity contribution in [3.63, 3.8) is 0 Å². The van der Waals surface area contributed by atoms with E-state index in [0.29, 0.717) is 6.54 Å². The van der Waals surface area contributed by atoms with Gasteiger partial charge in [0.25, 0.3) is 0 Å². The van der Waals surface area contributed by atoms with E-state index in [1.807, 2.05) is 24.3 Å². The highest BCUT2D eigenvalue weighted by atomic mass is 16.3. The Hall–Kier alpha value is -0.860. The SMILES string of the molecule is CC(C)(O)c1ccc(CCN)cc1. The fourth-order valence-corrected chi connectivity index (χ4v) is 1.25. The Morgan fingerprint density at radius 3 is 2.15 bits per heavy atom. The minimum absolute atomic E-state index is 0.669. The van der Waals surface area contributed by atoms with Gasteiger partial charge in [-0.3, -0.25) is 0 Å². The van der Waals surface area contributed by atoms with Gasteiger partial charge in [-0.1, -0.05) is 24.3 Å². The number of nitrogens with two attached hydrogens (primary N) is 1. The van der Waals surface area contributed by atoms with Crippen LogP contribution in [0.2, 0.25) is 0 Å². The molecule has 0 radical (unpaired) electrons. The van der Waals surface area contributed by atoms with Crippen molar-refractivity contribution in [2.24, 2.45) is 5.73 Å². The second kappa shape index (κ2) is 3.90. The van der Waals surface area contributed by atoms with Crippen molar-refractivity contribution in [2.75, 3.05) is 6.54 Å². The number of hydrogen-bond acceptors (Lipinski definition) is 2. The molecule has 0 bridgehead atoms. The van der Waals surface area contributed by atoms with Crippen LogP contribution in [-0.2, 0) is 12.0 Å². The van der Waals surface area contributed by atoms with E-state index in [1.54, 1.807) is 13.8 Å². The quantitative estimate of drug-likeness (QED) is 0.737. The van der Waals surface area contributed by atoms with Crippen molar-refractivity contribution >= 4 is 0 Å². The predicted octanol–water partition coefficient (Wildman–Crippen LogP) is 1.42. The van der Waals surface area contributed by atoms with Crippen LogP contribution >= 0.6 is 0 Å². The summed E-state index contributed by atoms with van der Waals surface area (Å²) < 4.78 is 0. The summed E-state index contributed by atoms with van der Waals surface area (Å²) in [6, 6.07) is 7.93. The molecule has 0 saturated heterocycles. The third kappa shape index (κ3) is 2.83. The van der Waals surface area contributed by atoms with Crippen molar-refractivity contribution in [2.45, 2.75) is 25.9 Å². The first-order chi connectivity index (χ1) is 6.04. The fraction of sp³-hybridized carbons (Fsp3) is 0.455. The minimum atomic E-state index is -0.749. The number of benzene rings is 1. The molecule has 0 saturated carbocycles. The summed E-state index contributed by atoms with van der Waals surface area (Å²) in [4.78, 5) is 0. The molecule has 13 heavy (non-hydrogen) atoms. The molecule has 0 atom stereocenters. The molecule has 0 heterocycles. The third-order valence-corrected chi connectivity index (χ3v) is 2.09. The summed E-state index contributed by atoms with van der Waals surface area (Å²) in [5.74, 6) is 0. The van der Waals surface area contributed by atoms with E-state index in [0.717, 1.165) is 12.0 Å². The zero-order valence-corrected chi connectivity index (χ0v) is 8.25. The van der Waals surface area contributed by atoms with Gasteiger partial charge in [0.1, 0.15) is 0 Å². The molecule has 2 heteroatoms. The normalized spacial score (nSPS) is 11.7. The van der Waals surface area contributed by atoms with Crippen LogP contribution in [0.1, 0.15) is 25.0 Å². The summed E-state index contributed by atoms with van der Waals surface area (Å²) >= 11 is 0. The summed E-state index contributed by atoms with van der Waals surface area (Å²) in [5, 5.41) is 9.69. The van der Waals surface area contributed by atoms with Crippen LogP contribution in [0.4, 0.5) is 0 Å². The molecule has 72 valence electrons. The maximum atomic E-state index is 9.69. The monoisotopic (exact) mass is 179 g/mol. The summed E-state index contributed by atoms with van der Waals surface area (Å²) in [7, 11) is 0. The van der Waals surface area contributed by atoms with Crippen LogP contribution in [0.25, 0.3) is 0 Å². The average molecular weight is 179 g/mol. The van der Waals surface area contributed by atoms with E-state index < -0.39 is 5.60 Å². The molecule has 1 rings (SSSR count). The summed E-state index contributed by atoms with van der Waals surface area (Å²) in [6.07, 6.45) is 0.895. The molecule has 0 fully saturated rings. The fourth-order valence-electron chi connectivity index (χ4n) is 1.25. The lowest BCUT2D eigenvalue weighted by Crippen LogP contribution is -2.15. The topological polar surface area (TPSA) is 46.2 Å². The molecule has 0 unspecified atom stereocenters. The molecule has 2 nitrogen and oxygen atoms in total. The maximum Gasteiger partial charge on any atom is 0.0840 e. The Labute approximate surface area is 79.4 Å². The Kier molecular flexibility index (Phi) is 3.07. The van der Waals surface area contributed by atoms with Gasteiger partial charge < -0.3 is 10.8 Å². The van der Waals surface area contributed by atoms with Crippen LogP contribution < -0.4 is 5.73 Å². The van der Waals surface area contributed by atoms with Crippen LogP contribution in [-0.4, -0.2) is 11.7 Å². The van der Waals surface area contributed by atoms with Crippen molar-refractivity contribution < 1.29 is 5.11 Å². The van der Waals surface area contributed by atoms with Gasteiger partial charge in [0, 0.05) is 0 Å².